The van der Waals surface area contributed by atoms with E-state index < -0.39 is 0 Å². The fourth-order valence-electron chi connectivity index (χ4n) is 2.64. The van der Waals surface area contributed by atoms with Gasteiger partial charge >= 0.3 is 0 Å². The number of nitrogens with zero attached hydrogens (tertiary/aromatic N) is 1. The van der Waals surface area contributed by atoms with Crippen molar-refractivity contribution in [3.8, 4) is 5.75 Å². The van der Waals surface area contributed by atoms with Crippen LogP contribution in [-0.2, 0) is 9.59 Å². The first kappa shape index (κ1) is 10.3. The molecule has 1 aromatic carbocycles. The number of phenols is 1. The molecule has 1 aliphatic carbocycles. The van der Waals surface area contributed by atoms with Gasteiger partial charge < -0.3 is 10.8 Å². The zero-order valence-electron chi connectivity index (χ0n) is 9.04. The number of benzene rings is 1. The topological polar surface area (TPSA) is 83.6 Å². The van der Waals surface area contributed by atoms with Gasteiger partial charge in [-0.15, -0.1) is 0 Å². The predicted octanol–water partition coefficient (Wildman–Crippen LogP) is 0.0863. The summed E-state index contributed by atoms with van der Waals surface area (Å²) < 4.78 is 0. The molecule has 2 unspecified atom stereocenters. The van der Waals surface area contributed by atoms with Crippen LogP contribution in [-0.4, -0.2) is 23.5 Å². The van der Waals surface area contributed by atoms with Gasteiger partial charge in [0.1, 0.15) is 5.75 Å². The van der Waals surface area contributed by atoms with Gasteiger partial charge in [-0.1, -0.05) is 12.1 Å². The number of carbonyl (C=O) groups excluding carboxylic acids is 2. The molecule has 5 nitrogen and oxygen atoms in total. The Balaban J connectivity index is 1.96. The summed E-state index contributed by atoms with van der Waals surface area (Å²) in [5, 5.41) is 9.66. The molecule has 0 radical (unpaired) electrons. The van der Waals surface area contributed by atoms with E-state index in [4.69, 9.17) is 5.73 Å². The van der Waals surface area contributed by atoms with E-state index in [1.54, 1.807) is 18.2 Å². The van der Waals surface area contributed by atoms with Crippen molar-refractivity contribution < 1.29 is 14.7 Å². The highest BCUT2D eigenvalue weighted by molar-refractivity contribution is 6.25. The summed E-state index contributed by atoms with van der Waals surface area (Å²) in [6.07, 6.45) is 0. The van der Waals surface area contributed by atoms with Gasteiger partial charge in [0.05, 0.1) is 17.5 Å². The average molecular weight is 232 g/mol. The molecule has 2 atom stereocenters. The van der Waals surface area contributed by atoms with E-state index in [1.807, 2.05) is 0 Å². The maximum Gasteiger partial charge on any atom is 0.238 e. The number of piperidine rings is 1. The first-order valence-electron chi connectivity index (χ1n) is 5.52. The number of rotatable bonds is 2. The molecule has 2 amide bonds. The molecule has 17 heavy (non-hydrogen) atoms. The van der Waals surface area contributed by atoms with Gasteiger partial charge in [-0.2, -0.15) is 0 Å². The first-order chi connectivity index (χ1) is 8.16. The summed E-state index contributed by atoms with van der Waals surface area (Å²) in [6.45, 7) is 0.363. The van der Waals surface area contributed by atoms with Gasteiger partial charge in [-0.3, -0.25) is 9.59 Å². The van der Waals surface area contributed by atoms with Crippen molar-refractivity contribution in [2.24, 2.45) is 23.5 Å². The highest BCUT2D eigenvalue weighted by atomic mass is 16.3. The Hall–Kier alpha value is -1.88. The molecule has 1 saturated carbocycles. The van der Waals surface area contributed by atoms with Gasteiger partial charge in [-0.25, -0.2) is 4.90 Å². The second-order valence-corrected chi connectivity index (χ2v) is 4.45. The minimum absolute atomic E-state index is 0.00268. The van der Waals surface area contributed by atoms with Crippen LogP contribution in [0, 0.1) is 17.8 Å². The molecule has 1 aliphatic heterocycles. The summed E-state index contributed by atoms with van der Waals surface area (Å²) in [5.41, 5.74) is 5.76. The van der Waals surface area contributed by atoms with Crippen molar-refractivity contribution in [1.29, 1.82) is 0 Å². The number of anilines is 1. The lowest BCUT2D eigenvalue weighted by molar-refractivity contribution is -0.124. The van der Waals surface area contributed by atoms with Crippen LogP contribution in [0.15, 0.2) is 24.3 Å². The van der Waals surface area contributed by atoms with Crippen molar-refractivity contribution in [2.75, 3.05) is 11.4 Å². The Kier molecular flexibility index (Phi) is 2.00. The fourth-order valence-corrected chi connectivity index (χ4v) is 2.64. The van der Waals surface area contributed by atoms with Crippen molar-refractivity contribution >= 4 is 17.5 Å². The van der Waals surface area contributed by atoms with Gasteiger partial charge in [0.15, 0.2) is 0 Å². The fraction of sp³-hybridized carbons (Fsp3) is 0.333. The molecule has 1 aromatic rings. The number of para-hydroxylation sites is 2. The molecule has 1 heterocycles. The summed E-state index contributed by atoms with van der Waals surface area (Å²) in [7, 11) is 0. The summed E-state index contributed by atoms with van der Waals surface area (Å²) in [5.74, 6) is -1.08. The van der Waals surface area contributed by atoms with Crippen molar-refractivity contribution in [3.05, 3.63) is 24.3 Å². The largest absolute Gasteiger partial charge is 0.506 e. The van der Waals surface area contributed by atoms with E-state index in [0.29, 0.717) is 6.54 Å². The quantitative estimate of drug-likeness (QED) is 0.708. The third-order valence-electron chi connectivity index (χ3n) is 3.57. The molecule has 0 aromatic heterocycles. The monoisotopic (exact) mass is 232 g/mol. The second-order valence-electron chi connectivity index (χ2n) is 4.45. The molecule has 0 spiro atoms. The summed E-state index contributed by atoms with van der Waals surface area (Å²) in [6, 6.07) is 6.35. The highest BCUT2D eigenvalue weighted by Crippen LogP contribution is 2.54. The second kappa shape index (κ2) is 3.30. The van der Waals surface area contributed by atoms with Crippen LogP contribution in [0.25, 0.3) is 0 Å². The number of hydrogen-bond acceptors (Lipinski definition) is 4. The van der Waals surface area contributed by atoms with Crippen LogP contribution in [0.5, 0.6) is 5.75 Å². The van der Waals surface area contributed by atoms with E-state index in [1.165, 1.54) is 6.07 Å². The lowest BCUT2D eigenvalue weighted by Crippen LogP contribution is -2.35. The number of phenolic OH excluding ortho intramolecular Hbond substituents is 1. The summed E-state index contributed by atoms with van der Waals surface area (Å²) >= 11 is 0. The van der Waals surface area contributed by atoms with Gasteiger partial charge in [0.2, 0.25) is 11.8 Å². The molecule has 1 saturated heterocycles. The van der Waals surface area contributed by atoms with E-state index in [9.17, 15) is 14.7 Å². The predicted molar refractivity (Wildman–Crippen MR) is 60.1 cm³/mol. The summed E-state index contributed by atoms with van der Waals surface area (Å²) in [4.78, 5) is 25.1. The third kappa shape index (κ3) is 1.23. The van der Waals surface area contributed by atoms with Crippen LogP contribution in [0.2, 0.25) is 0 Å². The maximum absolute atomic E-state index is 12.0. The zero-order chi connectivity index (χ0) is 12.2. The van der Waals surface area contributed by atoms with E-state index >= 15 is 0 Å². The molecule has 3 rings (SSSR count). The standard InChI is InChI=1S/C12H12N2O3/c13-5-6-9-10(6)12(17)14(11(9)16)7-3-1-2-4-8(7)15/h1-4,6,9-10,15H,5,13H2. The van der Waals surface area contributed by atoms with E-state index in [-0.39, 0.29) is 41.0 Å². The Labute approximate surface area is 97.8 Å². The van der Waals surface area contributed by atoms with Crippen molar-refractivity contribution in [1.82, 2.24) is 0 Å². The number of nitrogens with two attached hydrogens (primary N) is 1. The number of amides is 2. The average Bonchev–Trinajstić information content (AvgIpc) is 2.99. The van der Waals surface area contributed by atoms with Crippen LogP contribution >= 0.6 is 0 Å². The SMILES string of the molecule is NCC1C2C(=O)N(c3ccccc3O)C(=O)C12. The third-order valence-corrected chi connectivity index (χ3v) is 3.57. The Morgan fingerprint density at radius 2 is 1.76 bits per heavy atom. The Bertz CT molecular complexity index is 492. The van der Waals surface area contributed by atoms with Gasteiger partial charge in [0, 0.05) is 0 Å². The van der Waals surface area contributed by atoms with E-state index in [0.717, 1.165) is 4.90 Å². The molecule has 2 fully saturated rings. The van der Waals surface area contributed by atoms with Crippen LogP contribution in [0.3, 0.4) is 0 Å². The van der Waals surface area contributed by atoms with Crippen molar-refractivity contribution in [3.63, 3.8) is 0 Å². The number of fused-ring (bicyclic) bond motifs is 1. The molecule has 2 aliphatic rings. The molecule has 3 N–H and O–H groups in total. The van der Waals surface area contributed by atoms with E-state index in [2.05, 4.69) is 0 Å². The normalized spacial score (nSPS) is 30.6. The maximum atomic E-state index is 12.0. The molecular weight excluding hydrogens is 220 g/mol. The molecule has 88 valence electrons. The van der Waals surface area contributed by atoms with Crippen molar-refractivity contribution in [2.45, 2.75) is 0 Å². The Morgan fingerprint density at radius 1 is 1.18 bits per heavy atom. The zero-order valence-corrected chi connectivity index (χ0v) is 9.04. The number of carbonyl (C=O) groups is 2. The molecular formula is C12H12N2O3. The van der Waals surface area contributed by atoms with Crippen LogP contribution < -0.4 is 10.6 Å². The smallest absolute Gasteiger partial charge is 0.238 e. The lowest BCUT2D eigenvalue weighted by atomic mass is 10.2. The Morgan fingerprint density at radius 3 is 2.29 bits per heavy atom. The van der Waals surface area contributed by atoms with Gasteiger partial charge in [0.25, 0.3) is 0 Å². The first-order valence-corrected chi connectivity index (χ1v) is 5.52. The highest BCUT2D eigenvalue weighted by Gasteiger charge is 2.66. The lowest BCUT2D eigenvalue weighted by Gasteiger charge is -2.18. The minimum atomic E-state index is -0.271. The van der Waals surface area contributed by atoms with Crippen LogP contribution in [0.1, 0.15) is 0 Å². The number of hydrogen-bond donors (Lipinski definition) is 2. The molecule has 5 heteroatoms. The minimum Gasteiger partial charge on any atom is -0.506 e. The molecule has 0 bridgehead atoms. The van der Waals surface area contributed by atoms with Gasteiger partial charge in [-0.05, 0) is 24.6 Å². The van der Waals surface area contributed by atoms with Crippen LogP contribution in [0.4, 0.5) is 5.69 Å². The number of aromatic hydroxyl groups is 1. The number of imide groups is 1.